The van der Waals surface area contributed by atoms with Gasteiger partial charge in [0.1, 0.15) is 0 Å². The Morgan fingerprint density at radius 2 is 2.14 bits per heavy atom. The van der Waals surface area contributed by atoms with E-state index in [1.807, 2.05) is 24.7 Å². The first kappa shape index (κ1) is 17.3. The number of hydrogen-bond acceptors (Lipinski definition) is 2. The lowest BCUT2D eigenvalue weighted by molar-refractivity contribution is -0.132. The van der Waals surface area contributed by atoms with Gasteiger partial charge in [-0.1, -0.05) is 0 Å². The third kappa shape index (κ3) is 8.21. The van der Waals surface area contributed by atoms with Crippen LogP contribution in [0.1, 0.15) is 25.3 Å². The minimum atomic E-state index is -4.15. The number of nitrogens with one attached hydrogen (secondary N) is 2. The predicted octanol–water partition coefficient (Wildman–Crippen LogP) is 2.09. The molecule has 0 saturated heterocycles. The average molecular weight is 305 g/mol. The van der Waals surface area contributed by atoms with E-state index in [0.29, 0.717) is 19.0 Å². The third-order valence-corrected chi connectivity index (χ3v) is 2.62. The molecule has 0 unspecified atom stereocenters. The first-order valence-electron chi connectivity index (χ1n) is 6.98. The minimum Gasteiger partial charge on any atom is -0.357 e. The van der Waals surface area contributed by atoms with E-state index in [2.05, 4.69) is 20.7 Å². The highest BCUT2D eigenvalue weighted by molar-refractivity contribution is 5.79. The maximum atomic E-state index is 12.1. The third-order valence-electron chi connectivity index (χ3n) is 2.62. The molecule has 120 valence electrons. The molecule has 1 rings (SSSR count). The van der Waals surface area contributed by atoms with Crippen molar-refractivity contribution in [3.8, 4) is 0 Å². The molecule has 1 aromatic rings. The Balaban J connectivity index is 2.30. The van der Waals surface area contributed by atoms with Crippen LogP contribution in [0.3, 0.4) is 0 Å². The zero-order valence-corrected chi connectivity index (χ0v) is 12.4. The number of nitrogens with zero attached hydrogens (tertiary/aromatic N) is 3. The summed E-state index contributed by atoms with van der Waals surface area (Å²) in [6.45, 7) is 5.53. The van der Waals surface area contributed by atoms with Crippen LogP contribution in [0.15, 0.2) is 17.4 Å². The normalized spacial score (nSPS) is 12.5. The summed E-state index contributed by atoms with van der Waals surface area (Å²) in [5.41, 5.74) is 1.10. The Hall–Kier alpha value is -1.73. The van der Waals surface area contributed by atoms with E-state index >= 15 is 0 Å². The molecule has 0 spiro atoms. The summed E-state index contributed by atoms with van der Waals surface area (Å²) < 4.78 is 38.1. The molecule has 0 aromatic carbocycles. The first-order chi connectivity index (χ1) is 9.90. The largest absolute Gasteiger partial charge is 0.390 e. The molecule has 1 aromatic heterocycles. The van der Waals surface area contributed by atoms with E-state index in [1.165, 1.54) is 0 Å². The Kier molecular flexibility index (Phi) is 7.04. The van der Waals surface area contributed by atoms with E-state index in [4.69, 9.17) is 0 Å². The number of aliphatic imine (C=N–C) groups is 1. The van der Waals surface area contributed by atoms with Crippen molar-refractivity contribution in [3.05, 3.63) is 18.0 Å². The van der Waals surface area contributed by atoms with Gasteiger partial charge in [0.05, 0.1) is 12.6 Å². The van der Waals surface area contributed by atoms with E-state index in [0.717, 1.165) is 18.5 Å². The van der Waals surface area contributed by atoms with Gasteiger partial charge in [0.15, 0.2) is 5.96 Å². The Labute approximate surface area is 122 Å². The maximum Gasteiger partial charge on any atom is 0.390 e. The lowest BCUT2D eigenvalue weighted by Gasteiger charge is -2.12. The van der Waals surface area contributed by atoms with Crippen molar-refractivity contribution >= 4 is 5.96 Å². The number of aromatic nitrogens is 2. The van der Waals surface area contributed by atoms with Crippen LogP contribution in [0.5, 0.6) is 0 Å². The molecule has 0 amide bonds. The summed E-state index contributed by atoms with van der Waals surface area (Å²) >= 11 is 0. The van der Waals surface area contributed by atoms with Crippen LogP contribution in [0, 0.1) is 6.92 Å². The first-order valence-corrected chi connectivity index (χ1v) is 6.98. The minimum absolute atomic E-state index is 0.173. The molecule has 0 aliphatic heterocycles. The van der Waals surface area contributed by atoms with Crippen LogP contribution < -0.4 is 10.6 Å². The monoisotopic (exact) mass is 305 g/mol. The lowest BCUT2D eigenvalue weighted by atomic mass is 10.4. The summed E-state index contributed by atoms with van der Waals surface area (Å²) in [4.78, 5) is 4.24. The predicted molar refractivity (Wildman–Crippen MR) is 76.2 cm³/mol. The van der Waals surface area contributed by atoms with E-state index in [-0.39, 0.29) is 6.54 Å². The molecular weight excluding hydrogens is 283 g/mol. The van der Waals surface area contributed by atoms with Crippen molar-refractivity contribution in [1.29, 1.82) is 0 Å². The molecule has 1 heterocycles. The number of hydrogen-bond donors (Lipinski definition) is 2. The van der Waals surface area contributed by atoms with Gasteiger partial charge in [0.25, 0.3) is 0 Å². The molecule has 0 saturated carbocycles. The molecule has 0 atom stereocenters. The number of halogens is 3. The van der Waals surface area contributed by atoms with Gasteiger partial charge in [-0.15, -0.1) is 0 Å². The van der Waals surface area contributed by atoms with Gasteiger partial charge in [0.2, 0.25) is 0 Å². The second kappa shape index (κ2) is 8.53. The number of rotatable bonds is 7. The van der Waals surface area contributed by atoms with Gasteiger partial charge in [0, 0.05) is 32.4 Å². The van der Waals surface area contributed by atoms with Crippen LogP contribution in [0.2, 0.25) is 0 Å². The molecule has 0 bridgehead atoms. The topological polar surface area (TPSA) is 54.2 Å². The molecular formula is C13H22F3N5. The number of alkyl halides is 3. The van der Waals surface area contributed by atoms with Crippen LogP contribution in [0.4, 0.5) is 13.2 Å². The highest BCUT2D eigenvalue weighted by atomic mass is 19.4. The van der Waals surface area contributed by atoms with E-state index in [1.54, 1.807) is 6.20 Å². The zero-order valence-electron chi connectivity index (χ0n) is 12.4. The molecule has 2 N–H and O–H groups in total. The van der Waals surface area contributed by atoms with Crippen molar-refractivity contribution in [1.82, 2.24) is 20.4 Å². The average Bonchev–Trinajstić information content (AvgIpc) is 2.79. The fraction of sp³-hybridized carbons (Fsp3) is 0.692. The van der Waals surface area contributed by atoms with Crippen molar-refractivity contribution in [2.45, 2.75) is 39.4 Å². The molecule has 0 aliphatic rings. The summed E-state index contributed by atoms with van der Waals surface area (Å²) in [7, 11) is 0. The zero-order chi connectivity index (χ0) is 15.7. The standard InChI is InChI=1S/C13H22F3N5/c1-3-17-12(19-7-5-13(14,15)16)18-6-4-8-21-10-11(2)9-20-21/h9-10H,3-8H2,1-2H3,(H2,17,18,19). The summed E-state index contributed by atoms with van der Waals surface area (Å²) in [5.74, 6) is 0.415. The Bertz CT molecular complexity index is 439. The molecule has 0 radical (unpaired) electrons. The summed E-state index contributed by atoms with van der Waals surface area (Å²) in [5, 5.41) is 9.75. The quantitative estimate of drug-likeness (QED) is 0.461. The van der Waals surface area contributed by atoms with Gasteiger partial charge in [-0.3, -0.25) is 9.67 Å². The second-order valence-corrected chi connectivity index (χ2v) is 4.69. The highest BCUT2D eigenvalue weighted by Crippen LogP contribution is 2.17. The van der Waals surface area contributed by atoms with Gasteiger partial charge >= 0.3 is 6.18 Å². The second-order valence-electron chi connectivity index (χ2n) is 4.69. The van der Waals surface area contributed by atoms with Crippen LogP contribution in [0.25, 0.3) is 0 Å². The van der Waals surface area contributed by atoms with Gasteiger partial charge in [-0.2, -0.15) is 18.3 Å². The molecule has 21 heavy (non-hydrogen) atoms. The van der Waals surface area contributed by atoms with Crippen molar-refractivity contribution < 1.29 is 13.2 Å². The fourth-order valence-corrected chi connectivity index (χ4v) is 1.68. The SMILES string of the molecule is CCNC(=NCCCn1cc(C)cn1)NCCC(F)(F)F. The fourth-order valence-electron chi connectivity index (χ4n) is 1.68. The van der Waals surface area contributed by atoms with Crippen molar-refractivity contribution in [2.24, 2.45) is 4.99 Å². The molecule has 8 heteroatoms. The summed E-state index contributed by atoms with van der Waals surface area (Å²) in [6, 6.07) is 0. The molecule has 5 nitrogen and oxygen atoms in total. The van der Waals surface area contributed by atoms with Gasteiger partial charge < -0.3 is 10.6 Å². The van der Waals surface area contributed by atoms with Crippen LogP contribution in [-0.2, 0) is 6.54 Å². The van der Waals surface area contributed by atoms with Crippen LogP contribution >= 0.6 is 0 Å². The van der Waals surface area contributed by atoms with Crippen molar-refractivity contribution in [2.75, 3.05) is 19.6 Å². The lowest BCUT2D eigenvalue weighted by Crippen LogP contribution is -2.39. The molecule has 0 aliphatic carbocycles. The number of aryl methyl sites for hydroxylation is 2. The smallest absolute Gasteiger partial charge is 0.357 e. The van der Waals surface area contributed by atoms with Gasteiger partial charge in [-0.25, -0.2) is 0 Å². The highest BCUT2D eigenvalue weighted by Gasteiger charge is 2.26. The maximum absolute atomic E-state index is 12.1. The van der Waals surface area contributed by atoms with Crippen molar-refractivity contribution in [3.63, 3.8) is 0 Å². The molecule has 0 fully saturated rings. The van der Waals surface area contributed by atoms with Crippen LogP contribution in [-0.4, -0.2) is 41.6 Å². The van der Waals surface area contributed by atoms with E-state index < -0.39 is 12.6 Å². The number of guanidine groups is 1. The van der Waals surface area contributed by atoms with E-state index in [9.17, 15) is 13.2 Å². The van der Waals surface area contributed by atoms with Gasteiger partial charge in [-0.05, 0) is 25.8 Å². The summed E-state index contributed by atoms with van der Waals surface area (Å²) in [6.07, 6.45) is -0.522. The Morgan fingerprint density at radius 3 is 2.71 bits per heavy atom. The Morgan fingerprint density at radius 1 is 1.38 bits per heavy atom.